The van der Waals surface area contributed by atoms with Crippen LogP contribution in [0, 0.1) is 0 Å². The highest BCUT2D eigenvalue weighted by atomic mass is 32.2. The highest BCUT2D eigenvalue weighted by molar-refractivity contribution is 7.85. The molecule has 0 spiro atoms. The quantitative estimate of drug-likeness (QED) is 0.857. The summed E-state index contributed by atoms with van der Waals surface area (Å²) in [6.45, 7) is 5.93. The van der Waals surface area contributed by atoms with Crippen molar-refractivity contribution in [2.45, 2.75) is 6.92 Å². The highest BCUT2D eigenvalue weighted by Gasteiger charge is 2.32. The van der Waals surface area contributed by atoms with Crippen molar-refractivity contribution in [2.24, 2.45) is 0 Å². The van der Waals surface area contributed by atoms with E-state index in [4.69, 9.17) is 4.55 Å². The normalized spacial score (nSPS) is 15.9. The molecule has 1 aromatic carbocycles. The van der Waals surface area contributed by atoms with Crippen molar-refractivity contribution in [1.82, 2.24) is 9.91 Å². The van der Waals surface area contributed by atoms with E-state index < -0.39 is 16.0 Å². The van der Waals surface area contributed by atoms with Crippen molar-refractivity contribution in [3.05, 3.63) is 54.0 Å². The second kappa shape index (κ2) is 5.42. The molecular weight excluding hydrogens is 290 g/mol. The average Bonchev–Trinajstić information content (AvgIpc) is 2.59. The van der Waals surface area contributed by atoms with E-state index >= 15 is 0 Å². The van der Waals surface area contributed by atoms with Gasteiger partial charge in [0.05, 0.1) is 22.8 Å². The Kier molecular flexibility index (Phi) is 3.97. The smallest absolute Gasteiger partial charge is 0.283 e. The Bertz CT molecular complexity index is 683. The molecule has 0 aromatic heterocycles. The number of hydrazine groups is 1. The molecule has 6 nitrogen and oxygen atoms in total. The van der Waals surface area contributed by atoms with Crippen LogP contribution in [-0.4, -0.2) is 42.9 Å². The average molecular weight is 309 g/mol. The summed E-state index contributed by atoms with van der Waals surface area (Å²) in [5.74, 6) is -0.477. The van der Waals surface area contributed by atoms with Crippen molar-refractivity contribution >= 4 is 15.8 Å². The van der Waals surface area contributed by atoms with E-state index in [1.165, 1.54) is 4.90 Å². The maximum Gasteiger partial charge on any atom is 0.283 e. The van der Waals surface area contributed by atoms with Gasteiger partial charge in [-0.3, -0.25) is 14.6 Å². The van der Waals surface area contributed by atoms with Crippen LogP contribution < -0.4 is 5.01 Å². The topological polar surface area (TPSA) is 64.1 Å². The lowest BCUT2D eigenvalue weighted by Gasteiger charge is -2.30. The summed E-state index contributed by atoms with van der Waals surface area (Å²) in [7, 11) is -0.606. The number of hydrogen-bond donors (Lipinski definition) is 1. The van der Waals surface area contributed by atoms with Gasteiger partial charge in [0, 0.05) is 14.1 Å². The van der Waals surface area contributed by atoms with Crippen LogP contribution in [0.1, 0.15) is 6.92 Å². The predicted molar refractivity (Wildman–Crippen MR) is 82.7 cm³/mol. The number of nitrogens with zero attached hydrogens (tertiary/aromatic N) is 3. The first-order valence-electron chi connectivity index (χ1n) is 6.37. The lowest BCUT2D eigenvalue weighted by atomic mass is 10.2. The predicted octanol–water partition coefficient (Wildman–Crippen LogP) is 1.88. The molecule has 1 aromatic rings. The summed E-state index contributed by atoms with van der Waals surface area (Å²) in [6, 6.07) is 9.66. The third-order valence-electron chi connectivity index (χ3n) is 3.40. The van der Waals surface area contributed by atoms with Gasteiger partial charge in [-0.2, -0.15) is 8.42 Å². The van der Waals surface area contributed by atoms with Crippen LogP contribution >= 0.6 is 0 Å². The third-order valence-corrected chi connectivity index (χ3v) is 4.11. The zero-order valence-electron chi connectivity index (χ0n) is 12.3. The number of para-hydroxylation sites is 1. The van der Waals surface area contributed by atoms with E-state index in [1.54, 1.807) is 7.05 Å². The zero-order chi connectivity index (χ0) is 15.8. The standard InChI is InChI=1S/C14H19N3O3S/c1-11-14(15(3)10-21(18,19)20)12(2)17(16(11)4)13-8-6-5-7-9-13/h5-9H,2,10H2,1,3-4H3,(H,18,19,20). The fraction of sp³-hybridized carbons (Fsp3) is 0.286. The Balaban J connectivity index is 2.34. The zero-order valence-corrected chi connectivity index (χ0v) is 13.1. The molecule has 0 atom stereocenters. The van der Waals surface area contributed by atoms with Gasteiger partial charge in [-0.1, -0.05) is 24.8 Å². The van der Waals surface area contributed by atoms with Crippen molar-refractivity contribution in [3.63, 3.8) is 0 Å². The van der Waals surface area contributed by atoms with Gasteiger partial charge in [-0.15, -0.1) is 0 Å². The first kappa shape index (κ1) is 15.4. The minimum Gasteiger partial charge on any atom is -0.355 e. The minimum absolute atomic E-state index is 0.477. The molecule has 0 radical (unpaired) electrons. The molecule has 0 saturated heterocycles. The first-order chi connectivity index (χ1) is 9.72. The van der Waals surface area contributed by atoms with Crippen molar-refractivity contribution in [3.8, 4) is 0 Å². The van der Waals surface area contributed by atoms with Gasteiger partial charge >= 0.3 is 0 Å². The van der Waals surface area contributed by atoms with E-state index in [2.05, 4.69) is 6.58 Å². The van der Waals surface area contributed by atoms with Crippen LogP contribution in [-0.2, 0) is 10.1 Å². The molecule has 0 aliphatic carbocycles. The van der Waals surface area contributed by atoms with E-state index in [-0.39, 0.29) is 0 Å². The van der Waals surface area contributed by atoms with Crippen LogP contribution in [0.25, 0.3) is 0 Å². The second-order valence-electron chi connectivity index (χ2n) is 4.96. The molecule has 0 unspecified atom stereocenters. The molecule has 21 heavy (non-hydrogen) atoms. The number of allylic oxidation sites excluding steroid dienone is 1. The van der Waals surface area contributed by atoms with Crippen molar-refractivity contribution in [1.29, 1.82) is 0 Å². The molecule has 0 bridgehead atoms. The van der Waals surface area contributed by atoms with Gasteiger partial charge in [0.15, 0.2) is 0 Å². The SMILES string of the molecule is C=C1C(N(C)CS(=O)(=O)O)=C(C)N(C)N1c1ccccc1. The number of benzene rings is 1. The maximum absolute atomic E-state index is 11.1. The van der Waals surface area contributed by atoms with E-state index in [9.17, 15) is 8.42 Å². The lowest BCUT2D eigenvalue weighted by Crippen LogP contribution is -2.32. The fourth-order valence-corrected chi connectivity index (χ4v) is 3.12. The van der Waals surface area contributed by atoms with E-state index in [0.29, 0.717) is 11.4 Å². The molecule has 1 aliphatic rings. The van der Waals surface area contributed by atoms with Gasteiger partial charge < -0.3 is 4.90 Å². The monoisotopic (exact) mass is 309 g/mol. The second-order valence-corrected chi connectivity index (χ2v) is 6.38. The van der Waals surface area contributed by atoms with Crippen molar-refractivity contribution in [2.75, 3.05) is 25.0 Å². The number of likely N-dealkylation sites (N-methyl/N-ethyl adjacent to an activating group) is 1. The Hall–Kier alpha value is -1.99. The summed E-state index contributed by atoms with van der Waals surface area (Å²) >= 11 is 0. The van der Waals surface area contributed by atoms with Crippen molar-refractivity contribution < 1.29 is 13.0 Å². The largest absolute Gasteiger partial charge is 0.355 e. The van der Waals surface area contributed by atoms with E-state index in [1.807, 2.05) is 54.3 Å². The summed E-state index contributed by atoms with van der Waals surface area (Å²) in [5, 5.41) is 3.79. The summed E-state index contributed by atoms with van der Waals surface area (Å²) in [5.41, 5.74) is 3.13. The molecule has 0 fully saturated rings. The molecule has 2 rings (SSSR count). The molecular formula is C14H19N3O3S. The van der Waals surface area contributed by atoms with Crippen LogP contribution in [0.3, 0.4) is 0 Å². The number of hydrogen-bond acceptors (Lipinski definition) is 5. The lowest BCUT2D eigenvalue weighted by molar-refractivity contribution is 0.418. The first-order valence-corrected chi connectivity index (χ1v) is 7.98. The summed E-state index contributed by atoms with van der Waals surface area (Å²) < 4.78 is 31.2. The van der Waals surface area contributed by atoms with Gasteiger partial charge in [0.25, 0.3) is 10.1 Å². The van der Waals surface area contributed by atoms with Crippen LogP contribution in [0.4, 0.5) is 5.69 Å². The Morgan fingerprint density at radius 3 is 2.38 bits per heavy atom. The van der Waals surface area contributed by atoms with Crippen LogP contribution in [0.2, 0.25) is 0 Å². The molecule has 0 amide bonds. The Labute approximate surface area is 125 Å². The Morgan fingerprint density at radius 1 is 1.29 bits per heavy atom. The summed E-state index contributed by atoms with van der Waals surface area (Å²) in [6.07, 6.45) is 0. The molecule has 0 saturated carbocycles. The molecule has 7 heteroatoms. The van der Waals surface area contributed by atoms with Gasteiger partial charge in [0.2, 0.25) is 0 Å². The molecule has 1 heterocycles. The molecule has 1 aliphatic heterocycles. The van der Waals surface area contributed by atoms with E-state index in [0.717, 1.165) is 11.4 Å². The summed E-state index contributed by atoms with van der Waals surface area (Å²) in [4.78, 5) is 1.48. The minimum atomic E-state index is -4.09. The molecule has 1 N–H and O–H groups in total. The van der Waals surface area contributed by atoms with Gasteiger partial charge in [-0.25, -0.2) is 0 Å². The van der Waals surface area contributed by atoms with Crippen LogP contribution in [0.5, 0.6) is 0 Å². The fourth-order valence-electron chi connectivity index (χ4n) is 2.50. The van der Waals surface area contributed by atoms with Gasteiger partial charge in [-0.05, 0) is 19.1 Å². The van der Waals surface area contributed by atoms with Gasteiger partial charge in [0.1, 0.15) is 5.88 Å². The Morgan fingerprint density at radius 2 is 1.86 bits per heavy atom. The number of anilines is 1. The number of rotatable bonds is 4. The molecule has 114 valence electrons. The highest BCUT2D eigenvalue weighted by Crippen LogP contribution is 2.35. The van der Waals surface area contributed by atoms with Crippen LogP contribution in [0.15, 0.2) is 54.0 Å². The third kappa shape index (κ3) is 3.03. The maximum atomic E-state index is 11.1.